The largest absolute Gasteiger partial charge is 0.507 e. The molecule has 4 aromatic carbocycles. The number of rotatable bonds is 11. The number of anilines is 5. The molecule has 0 spiro atoms. The Hall–Kier alpha value is -4.29. The van der Waals surface area contributed by atoms with E-state index in [1.54, 1.807) is 11.8 Å². The molecule has 5 nitrogen and oxygen atoms in total. The SMILES string of the molecule is CC(C)(C)c1cc(SCNc2ccc(NC3=CC=CCC3)cc2)cc(CNc2ccc(Nc3ccccc3)cc2)c1O. The molecular weight excluding hydrogens is 536 g/mol. The number of benzene rings is 4. The van der Waals surface area contributed by atoms with Crippen LogP contribution >= 0.6 is 11.8 Å². The summed E-state index contributed by atoms with van der Waals surface area (Å²) in [7, 11) is 0. The fraction of sp³-hybridized carbons (Fsp3) is 0.222. The van der Waals surface area contributed by atoms with Crippen molar-refractivity contribution in [1.29, 1.82) is 0 Å². The maximum Gasteiger partial charge on any atom is 0.124 e. The van der Waals surface area contributed by atoms with Gasteiger partial charge in [0.2, 0.25) is 0 Å². The van der Waals surface area contributed by atoms with Crippen molar-refractivity contribution in [2.24, 2.45) is 0 Å². The highest BCUT2D eigenvalue weighted by atomic mass is 32.2. The number of aromatic hydroxyl groups is 1. The maximum absolute atomic E-state index is 11.2. The Bertz CT molecular complexity index is 1520. The summed E-state index contributed by atoms with van der Waals surface area (Å²) in [6.07, 6.45) is 8.57. The molecule has 0 saturated heterocycles. The quantitative estimate of drug-likeness (QED) is 0.0904. The van der Waals surface area contributed by atoms with Crippen LogP contribution in [0.25, 0.3) is 0 Å². The number of hydrogen-bond donors (Lipinski definition) is 5. The van der Waals surface area contributed by atoms with Gasteiger partial charge < -0.3 is 26.4 Å². The predicted molar refractivity (Wildman–Crippen MR) is 181 cm³/mol. The van der Waals surface area contributed by atoms with E-state index in [1.165, 1.54) is 5.70 Å². The molecule has 0 bridgehead atoms. The first-order chi connectivity index (χ1) is 20.3. The first-order valence-electron chi connectivity index (χ1n) is 14.5. The molecule has 0 aliphatic heterocycles. The second-order valence-electron chi connectivity index (χ2n) is 11.5. The van der Waals surface area contributed by atoms with Crippen molar-refractivity contribution in [3.05, 3.63) is 126 Å². The van der Waals surface area contributed by atoms with E-state index in [0.29, 0.717) is 12.3 Å². The fourth-order valence-corrected chi connectivity index (χ4v) is 5.61. The van der Waals surface area contributed by atoms with Crippen molar-refractivity contribution in [3.8, 4) is 5.75 Å². The number of para-hydroxylation sites is 1. The van der Waals surface area contributed by atoms with Gasteiger partial charge in [0.05, 0.1) is 5.88 Å². The number of nitrogens with one attached hydrogen (secondary N) is 4. The lowest BCUT2D eigenvalue weighted by Gasteiger charge is -2.23. The minimum Gasteiger partial charge on any atom is -0.507 e. The van der Waals surface area contributed by atoms with E-state index < -0.39 is 0 Å². The van der Waals surface area contributed by atoms with Gasteiger partial charge in [-0.05, 0) is 97.1 Å². The van der Waals surface area contributed by atoms with E-state index in [-0.39, 0.29) is 5.41 Å². The number of phenols is 1. The number of phenolic OH excluding ortho intramolecular Hbond substituents is 1. The molecule has 5 N–H and O–H groups in total. The molecule has 42 heavy (non-hydrogen) atoms. The molecule has 0 atom stereocenters. The van der Waals surface area contributed by atoms with Gasteiger partial charge in [0, 0.05) is 56.7 Å². The van der Waals surface area contributed by atoms with Crippen LogP contribution in [0.3, 0.4) is 0 Å². The lowest BCUT2D eigenvalue weighted by Crippen LogP contribution is -2.13. The topological polar surface area (TPSA) is 68.3 Å². The Balaban J connectivity index is 1.20. The molecule has 0 amide bonds. The number of allylic oxidation sites excluding steroid dienone is 4. The third kappa shape index (κ3) is 8.14. The lowest BCUT2D eigenvalue weighted by atomic mass is 9.85. The molecule has 6 heteroatoms. The molecule has 1 aliphatic carbocycles. The Labute approximate surface area is 254 Å². The molecule has 1 aliphatic rings. The maximum atomic E-state index is 11.2. The fourth-order valence-electron chi connectivity index (χ4n) is 4.78. The van der Waals surface area contributed by atoms with Gasteiger partial charge in [-0.15, -0.1) is 11.8 Å². The third-order valence-electron chi connectivity index (χ3n) is 7.12. The molecule has 0 saturated carbocycles. The molecule has 0 radical (unpaired) electrons. The molecule has 0 unspecified atom stereocenters. The highest BCUT2D eigenvalue weighted by molar-refractivity contribution is 7.99. The molecule has 0 heterocycles. The van der Waals surface area contributed by atoms with Crippen molar-refractivity contribution >= 4 is 40.2 Å². The molecular formula is C36H40N4OS. The number of thioether (sulfide) groups is 1. The first kappa shape index (κ1) is 29.2. The smallest absolute Gasteiger partial charge is 0.124 e. The van der Waals surface area contributed by atoms with Gasteiger partial charge in [-0.25, -0.2) is 0 Å². The molecule has 216 valence electrons. The van der Waals surface area contributed by atoms with Crippen molar-refractivity contribution in [1.82, 2.24) is 0 Å². The monoisotopic (exact) mass is 576 g/mol. The van der Waals surface area contributed by atoms with Gasteiger partial charge in [0.15, 0.2) is 0 Å². The minimum atomic E-state index is -0.181. The predicted octanol–water partition coefficient (Wildman–Crippen LogP) is 9.85. The van der Waals surface area contributed by atoms with Crippen LogP contribution in [0, 0.1) is 0 Å². The van der Waals surface area contributed by atoms with Crippen LogP contribution in [-0.4, -0.2) is 11.0 Å². The van der Waals surface area contributed by atoms with Gasteiger partial charge >= 0.3 is 0 Å². The van der Waals surface area contributed by atoms with Crippen molar-refractivity contribution in [2.45, 2.75) is 50.5 Å². The number of hydrogen-bond acceptors (Lipinski definition) is 6. The lowest BCUT2D eigenvalue weighted by molar-refractivity contribution is 0.440. The first-order valence-corrected chi connectivity index (χ1v) is 15.4. The Kier molecular flexibility index (Phi) is 9.45. The van der Waals surface area contributed by atoms with Crippen molar-refractivity contribution in [3.63, 3.8) is 0 Å². The second kappa shape index (κ2) is 13.6. The third-order valence-corrected chi connectivity index (χ3v) is 7.98. The molecule has 5 rings (SSSR count). The van der Waals surface area contributed by atoms with Crippen LogP contribution in [0.2, 0.25) is 0 Å². The van der Waals surface area contributed by atoms with Crippen LogP contribution in [0.5, 0.6) is 5.75 Å². The van der Waals surface area contributed by atoms with Crippen LogP contribution in [-0.2, 0) is 12.0 Å². The van der Waals surface area contributed by atoms with Crippen LogP contribution in [0.4, 0.5) is 28.4 Å². The van der Waals surface area contributed by atoms with E-state index in [1.807, 2.05) is 30.3 Å². The zero-order chi connectivity index (χ0) is 29.4. The van der Waals surface area contributed by atoms with Gasteiger partial charge in [0.25, 0.3) is 0 Å². The zero-order valence-corrected chi connectivity index (χ0v) is 25.4. The zero-order valence-electron chi connectivity index (χ0n) is 24.6. The van der Waals surface area contributed by atoms with E-state index in [2.05, 4.69) is 121 Å². The molecule has 4 aromatic rings. The highest BCUT2D eigenvalue weighted by Crippen LogP contribution is 2.37. The normalized spacial score (nSPS) is 12.9. The molecule has 0 aromatic heterocycles. The van der Waals surface area contributed by atoms with Crippen LogP contribution < -0.4 is 21.3 Å². The van der Waals surface area contributed by atoms with Crippen LogP contribution in [0.15, 0.2) is 120 Å². The van der Waals surface area contributed by atoms with E-state index >= 15 is 0 Å². The standard InChI is InChI=1S/C36H40N4OS/c1-36(2,3)34-23-33(42-25-38-28-16-20-32(21-17-28)40-30-12-8-5-9-13-30)22-26(35(34)41)24-37-27-14-18-31(19-15-27)39-29-10-6-4-7-11-29/h4-8,10-12,14-23,37-41H,9,13,24-25H2,1-3H3. The highest BCUT2D eigenvalue weighted by Gasteiger charge is 2.21. The summed E-state index contributed by atoms with van der Waals surface area (Å²) in [5.41, 5.74) is 8.17. The summed E-state index contributed by atoms with van der Waals surface area (Å²) >= 11 is 1.73. The summed E-state index contributed by atoms with van der Waals surface area (Å²) in [5.74, 6) is 1.08. The van der Waals surface area contributed by atoms with Gasteiger partial charge in [-0.2, -0.15) is 0 Å². The Morgan fingerprint density at radius 2 is 1.36 bits per heavy atom. The summed E-state index contributed by atoms with van der Waals surface area (Å²) in [6, 6.07) is 31.0. The summed E-state index contributed by atoms with van der Waals surface area (Å²) in [5, 5.41) is 25.1. The second-order valence-corrected chi connectivity index (χ2v) is 12.5. The van der Waals surface area contributed by atoms with E-state index in [0.717, 1.165) is 63.2 Å². The summed E-state index contributed by atoms with van der Waals surface area (Å²) in [4.78, 5) is 1.13. The Morgan fingerprint density at radius 3 is 2.00 bits per heavy atom. The van der Waals surface area contributed by atoms with Gasteiger partial charge in [0.1, 0.15) is 5.75 Å². The Morgan fingerprint density at radius 1 is 0.738 bits per heavy atom. The van der Waals surface area contributed by atoms with Gasteiger partial charge in [-0.1, -0.05) is 51.1 Å². The van der Waals surface area contributed by atoms with Crippen LogP contribution in [0.1, 0.15) is 44.7 Å². The van der Waals surface area contributed by atoms with Gasteiger partial charge in [-0.3, -0.25) is 0 Å². The van der Waals surface area contributed by atoms with E-state index in [4.69, 9.17) is 0 Å². The molecule has 0 fully saturated rings. The van der Waals surface area contributed by atoms with Crippen molar-refractivity contribution < 1.29 is 5.11 Å². The minimum absolute atomic E-state index is 0.181. The van der Waals surface area contributed by atoms with E-state index in [9.17, 15) is 5.11 Å². The average Bonchev–Trinajstić information content (AvgIpc) is 2.99. The summed E-state index contributed by atoms with van der Waals surface area (Å²) in [6.45, 7) is 6.95. The average molecular weight is 577 g/mol. The van der Waals surface area contributed by atoms with Crippen molar-refractivity contribution in [2.75, 3.05) is 27.1 Å². The summed E-state index contributed by atoms with van der Waals surface area (Å²) < 4.78 is 0.